The minimum atomic E-state index is -0.132. The van der Waals surface area contributed by atoms with Gasteiger partial charge in [0.15, 0.2) is 0 Å². The zero-order valence-corrected chi connectivity index (χ0v) is 13.3. The number of ether oxygens (including phenoxy) is 4. The van der Waals surface area contributed by atoms with Gasteiger partial charge in [-0.05, 0) is 6.42 Å². The summed E-state index contributed by atoms with van der Waals surface area (Å²) in [5, 5.41) is 0. The van der Waals surface area contributed by atoms with Gasteiger partial charge in [-0.3, -0.25) is 4.79 Å². The van der Waals surface area contributed by atoms with Gasteiger partial charge in [0.1, 0.15) is 13.2 Å². The van der Waals surface area contributed by atoms with Crippen molar-refractivity contribution in [1.29, 1.82) is 0 Å². The monoisotopic (exact) mass is 302 g/mol. The number of hydrogen-bond acceptors (Lipinski definition) is 5. The highest BCUT2D eigenvalue weighted by atomic mass is 16.6. The maximum atomic E-state index is 11.4. The summed E-state index contributed by atoms with van der Waals surface area (Å²) in [7, 11) is 0. The predicted molar refractivity (Wildman–Crippen MR) is 82.1 cm³/mol. The first kappa shape index (κ1) is 19.9. The van der Waals surface area contributed by atoms with Crippen LogP contribution in [0, 0.1) is 0 Å². The Morgan fingerprint density at radius 2 is 1.52 bits per heavy atom. The van der Waals surface area contributed by atoms with Crippen LogP contribution in [0.15, 0.2) is 12.8 Å². The molecule has 0 N–H and O–H groups in total. The lowest BCUT2D eigenvalue weighted by atomic mass is 10.1. The molecule has 0 fully saturated rings. The van der Waals surface area contributed by atoms with Crippen molar-refractivity contribution in [1.82, 2.24) is 0 Å². The molecular formula is C16H30O5. The third kappa shape index (κ3) is 16.9. The minimum Gasteiger partial charge on any atom is -0.499 e. The third-order valence-electron chi connectivity index (χ3n) is 2.81. The Labute approximate surface area is 128 Å². The molecular weight excluding hydrogens is 272 g/mol. The topological polar surface area (TPSA) is 54.0 Å². The van der Waals surface area contributed by atoms with Gasteiger partial charge in [0.25, 0.3) is 0 Å². The molecule has 0 aliphatic rings. The van der Waals surface area contributed by atoms with Gasteiger partial charge >= 0.3 is 5.97 Å². The van der Waals surface area contributed by atoms with Crippen LogP contribution in [-0.4, -0.2) is 45.6 Å². The Morgan fingerprint density at radius 3 is 2.19 bits per heavy atom. The molecule has 21 heavy (non-hydrogen) atoms. The quantitative estimate of drug-likeness (QED) is 0.249. The predicted octanol–water partition coefficient (Wildman–Crippen LogP) is 3.08. The summed E-state index contributed by atoms with van der Waals surface area (Å²) < 4.78 is 20.5. The second kappa shape index (κ2) is 17.0. The summed E-state index contributed by atoms with van der Waals surface area (Å²) in [5.41, 5.74) is 0. The lowest BCUT2D eigenvalue weighted by Gasteiger charge is -2.07. The maximum absolute atomic E-state index is 11.4. The molecule has 0 aromatic rings. The lowest BCUT2D eigenvalue weighted by molar-refractivity contribution is -0.145. The standard InChI is InChI=1S/C16H30O5/c1-3-5-6-7-8-9-16(17)21-15-14-20-13-12-19-11-10-18-4-2/h4H,2-3,5-15H2,1H3. The van der Waals surface area contributed by atoms with E-state index < -0.39 is 0 Å². The number of unbranched alkanes of at least 4 members (excludes halogenated alkanes) is 4. The van der Waals surface area contributed by atoms with E-state index in [2.05, 4.69) is 13.5 Å². The maximum Gasteiger partial charge on any atom is 0.305 e. The van der Waals surface area contributed by atoms with Gasteiger partial charge in [0.05, 0.1) is 32.7 Å². The zero-order valence-electron chi connectivity index (χ0n) is 13.3. The Morgan fingerprint density at radius 1 is 0.905 bits per heavy atom. The number of esters is 1. The normalized spacial score (nSPS) is 10.3. The van der Waals surface area contributed by atoms with Gasteiger partial charge < -0.3 is 18.9 Å². The van der Waals surface area contributed by atoms with Crippen LogP contribution in [0.2, 0.25) is 0 Å². The van der Waals surface area contributed by atoms with Crippen molar-refractivity contribution in [2.24, 2.45) is 0 Å². The highest BCUT2D eigenvalue weighted by molar-refractivity contribution is 5.69. The van der Waals surface area contributed by atoms with Crippen LogP contribution in [0.25, 0.3) is 0 Å². The fourth-order valence-corrected chi connectivity index (χ4v) is 1.67. The van der Waals surface area contributed by atoms with E-state index in [-0.39, 0.29) is 5.97 Å². The SMILES string of the molecule is C=COCCOCCOCCOC(=O)CCCCCCC. The van der Waals surface area contributed by atoms with Gasteiger partial charge in [-0.15, -0.1) is 0 Å². The second-order valence-electron chi connectivity index (χ2n) is 4.65. The molecule has 0 saturated heterocycles. The largest absolute Gasteiger partial charge is 0.499 e. The van der Waals surface area contributed by atoms with Gasteiger partial charge in [-0.1, -0.05) is 39.2 Å². The number of carbonyl (C=O) groups is 1. The number of hydrogen-bond donors (Lipinski definition) is 0. The molecule has 0 aliphatic carbocycles. The van der Waals surface area contributed by atoms with Gasteiger partial charge in [-0.25, -0.2) is 0 Å². The molecule has 0 aromatic heterocycles. The molecule has 0 atom stereocenters. The molecule has 0 spiro atoms. The summed E-state index contributed by atoms with van der Waals surface area (Å²) in [4.78, 5) is 11.4. The molecule has 5 heteroatoms. The molecule has 0 unspecified atom stereocenters. The van der Waals surface area contributed by atoms with Crippen LogP contribution in [0.3, 0.4) is 0 Å². The van der Waals surface area contributed by atoms with Crippen molar-refractivity contribution in [2.45, 2.75) is 45.4 Å². The molecule has 0 amide bonds. The Kier molecular flexibility index (Phi) is 16.1. The average Bonchev–Trinajstić information content (AvgIpc) is 2.49. The summed E-state index contributed by atoms with van der Waals surface area (Å²) in [5.74, 6) is -0.132. The highest BCUT2D eigenvalue weighted by Gasteiger charge is 2.02. The molecule has 0 heterocycles. The lowest BCUT2D eigenvalue weighted by Crippen LogP contribution is -2.13. The van der Waals surface area contributed by atoms with Crippen molar-refractivity contribution in [3.05, 3.63) is 12.8 Å². The Bertz CT molecular complexity index is 243. The van der Waals surface area contributed by atoms with Crippen LogP contribution >= 0.6 is 0 Å². The minimum absolute atomic E-state index is 0.132. The second-order valence-corrected chi connectivity index (χ2v) is 4.65. The van der Waals surface area contributed by atoms with Crippen molar-refractivity contribution in [3.8, 4) is 0 Å². The molecule has 0 bridgehead atoms. The summed E-state index contributed by atoms with van der Waals surface area (Å²) in [6.07, 6.45) is 7.57. The van der Waals surface area contributed by atoms with Crippen molar-refractivity contribution >= 4 is 5.97 Å². The summed E-state index contributed by atoms with van der Waals surface area (Å²) >= 11 is 0. The fraction of sp³-hybridized carbons (Fsp3) is 0.812. The first-order valence-electron chi connectivity index (χ1n) is 7.84. The van der Waals surface area contributed by atoms with E-state index in [1.165, 1.54) is 25.5 Å². The van der Waals surface area contributed by atoms with Crippen LogP contribution in [-0.2, 0) is 23.7 Å². The van der Waals surface area contributed by atoms with Crippen molar-refractivity contribution in [3.63, 3.8) is 0 Å². The fourth-order valence-electron chi connectivity index (χ4n) is 1.67. The van der Waals surface area contributed by atoms with E-state index in [1.54, 1.807) is 0 Å². The van der Waals surface area contributed by atoms with Crippen LogP contribution in [0.1, 0.15) is 45.4 Å². The Hall–Kier alpha value is -1.07. The number of carbonyl (C=O) groups excluding carboxylic acids is 1. The Balaban J connectivity index is 3.12. The smallest absolute Gasteiger partial charge is 0.305 e. The van der Waals surface area contributed by atoms with E-state index in [0.717, 1.165) is 12.8 Å². The molecule has 124 valence electrons. The molecule has 0 saturated carbocycles. The molecule has 0 aromatic carbocycles. The molecule has 0 radical (unpaired) electrons. The van der Waals surface area contributed by atoms with E-state index in [9.17, 15) is 4.79 Å². The van der Waals surface area contributed by atoms with Gasteiger partial charge in [-0.2, -0.15) is 0 Å². The van der Waals surface area contributed by atoms with E-state index in [4.69, 9.17) is 18.9 Å². The van der Waals surface area contributed by atoms with E-state index in [0.29, 0.717) is 46.1 Å². The zero-order chi connectivity index (χ0) is 15.6. The van der Waals surface area contributed by atoms with Gasteiger partial charge in [0, 0.05) is 6.42 Å². The number of rotatable bonds is 16. The van der Waals surface area contributed by atoms with E-state index in [1.807, 2.05) is 0 Å². The van der Waals surface area contributed by atoms with Gasteiger partial charge in [0.2, 0.25) is 0 Å². The van der Waals surface area contributed by atoms with Crippen LogP contribution < -0.4 is 0 Å². The highest BCUT2D eigenvalue weighted by Crippen LogP contribution is 2.05. The van der Waals surface area contributed by atoms with Crippen LogP contribution in [0.4, 0.5) is 0 Å². The summed E-state index contributed by atoms with van der Waals surface area (Å²) in [6, 6.07) is 0. The molecule has 5 nitrogen and oxygen atoms in total. The molecule has 0 rings (SSSR count). The molecule has 0 aliphatic heterocycles. The van der Waals surface area contributed by atoms with Crippen LogP contribution in [0.5, 0.6) is 0 Å². The summed E-state index contributed by atoms with van der Waals surface area (Å²) in [6.45, 7) is 8.34. The first-order chi connectivity index (χ1) is 10.3. The van der Waals surface area contributed by atoms with Crippen molar-refractivity contribution in [2.75, 3.05) is 39.6 Å². The average molecular weight is 302 g/mol. The van der Waals surface area contributed by atoms with E-state index >= 15 is 0 Å². The van der Waals surface area contributed by atoms with Crippen molar-refractivity contribution < 1.29 is 23.7 Å². The third-order valence-corrected chi connectivity index (χ3v) is 2.81. The first-order valence-corrected chi connectivity index (χ1v) is 7.84.